The molecule has 1 aliphatic rings. The summed E-state index contributed by atoms with van der Waals surface area (Å²) in [6.45, 7) is 2.42. The second kappa shape index (κ2) is 8.65. The predicted octanol–water partition coefficient (Wildman–Crippen LogP) is 5.60. The summed E-state index contributed by atoms with van der Waals surface area (Å²) in [5, 5.41) is 0. The third kappa shape index (κ3) is 4.47. The van der Waals surface area contributed by atoms with E-state index in [9.17, 15) is 22.8 Å². The highest BCUT2D eigenvalue weighted by Crippen LogP contribution is 2.34. The molecule has 2 aromatic carbocycles. The first-order chi connectivity index (χ1) is 15.2. The van der Waals surface area contributed by atoms with E-state index < -0.39 is 23.4 Å². The molecule has 0 atom stereocenters. The number of likely N-dealkylation sites (tertiary alicyclic amines) is 1. The van der Waals surface area contributed by atoms with Crippen molar-refractivity contribution in [2.24, 2.45) is 0 Å². The van der Waals surface area contributed by atoms with Crippen LogP contribution in [0.2, 0.25) is 0 Å². The quantitative estimate of drug-likeness (QED) is 0.424. The lowest BCUT2D eigenvalue weighted by Gasteiger charge is -2.32. The van der Waals surface area contributed by atoms with Crippen molar-refractivity contribution in [2.45, 2.75) is 31.9 Å². The minimum absolute atomic E-state index is 0.0740. The van der Waals surface area contributed by atoms with Gasteiger partial charge in [-0.3, -0.25) is 9.59 Å². The Morgan fingerprint density at radius 3 is 2.31 bits per heavy atom. The zero-order valence-electron chi connectivity index (χ0n) is 17.6. The predicted molar refractivity (Wildman–Crippen MR) is 115 cm³/mol. The van der Waals surface area contributed by atoms with E-state index in [0.717, 1.165) is 17.3 Å². The van der Waals surface area contributed by atoms with Crippen molar-refractivity contribution in [3.63, 3.8) is 0 Å². The summed E-state index contributed by atoms with van der Waals surface area (Å²) >= 11 is 0. The maximum atomic E-state index is 13.0. The van der Waals surface area contributed by atoms with Crippen LogP contribution in [0.1, 0.15) is 45.9 Å². The van der Waals surface area contributed by atoms with E-state index in [-0.39, 0.29) is 5.92 Å². The summed E-state index contributed by atoms with van der Waals surface area (Å²) in [4.78, 5) is 30.4. The molecule has 3 aromatic rings. The van der Waals surface area contributed by atoms with E-state index in [1.165, 1.54) is 17.0 Å². The first kappa shape index (κ1) is 21.9. The fraction of sp³-hybridized carbons (Fsp3) is 0.280. The molecule has 0 unspecified atom stereocenters. The second-order valence-electron chi connectivity index (χ2n) is 8.11. The van der Waals surface area contributed by atoms with E-state index in [0.29, 0.717) is 42.8 Å². The summed E-state index contributed by atoms with van der Waals surface area (Å²) in [7, 11) is 0. The fourth-order valence-electron chi connectivity index (χ4n) is 4.21. The summed E-state index contributed by atoms with van der Waals surface area (Å²) in [5.41, 5.74) is 2.61. The Hall–Kier alpha value is -3.35. The first-order valence-corrected chi connectivity index (χ1v) is 10.5. The Morgan fingerprint density at radius 1 is 0.969 bits per heavy atom. The number of alkyl halides is 3. The highest BCUT2D eigenvalue weighted by molar-refractivity contribution is 6.43. The number of carbonyl (C=O) groups excluding carboxylic acids is 2. The van der Waals surface area contributed by atoms with Gasteiger partial charge in [-0.1, -0.05) is 48.5 Å². The molecular weight excluding hydrogens is 417 g/mol. The van der Waals surface area contributed by atoms with Gasteiger partial charge in [0.2, 0.25) is 0 Å². The molecular formula is C25H23F3N2O2. The Labute approximate surface area is 184 Å². The third-order valence-electron chi connectivity index (χ3n) is 6.01. The number of Topliss-reactive ketones (excluding diaryl/α,β-unsaturated/α-hetero) is 1. The number of piperidine rings is 1. The van der Waals surface area contributed by atoms with Gasteiger partial charge in [-0.2, -0.15) is 13.2 Å². The number of carbonyl (C=O) groups is 2. The molecule has 1 amide bonds. The number of hydrogen-bond acceptors (Lipinski definition) is 2. The lowest BCUT2D eigenvalue weighted by Crippen LogP contribution is -2.41. The monoisotopic (exact) mass is 440 g/mol. The number of halogens is 3. The molecule has 1 saturated heterocycles. The number of nitrogens with one attached hydrogen (secondary N) is 1. The largest absolute Gasteiger partial charge is 0.416 e. The van der Waals surface area contributed by atoms with Gasteiger partial charge in [0.05, 0.1) is 5.56 Å². The number of aromatic amines is 1. The van der Waals surface area contributed by atoms with Crippen LogP contribution in [-0.2, 0) is 11.0 Å². The van der Waals surface area contributed by atoms with Gasteiger partial charge in [-0.15, -0.1) is 0 Å². The van der Waals surface area contributed by atoms with Crippen LogP contribution in [0.3, 0.4) is 0 Å². The van der Waals surface area contributed by atoms with E-state index in [1.54, 1.807) is 19.1 Å². The zero-order valence-corrected chi connectivity index (χ0v) is 17.6. The maximum absolute atomic E-state index is 13.0. The van der Waals surface area contributed by atoms with Gasteiger partial charge in [-0.05, 0) is 48.9 Å². The average Bonchev–Trinajstić information content (AvgIpc) is 3.20. The Kier molecular flexibility index (Phi) is 5.91. The molecule has 0 aliphatic carbocycles. The molecule has 0 bridgehead atoms. The summed E-state index contributed by atoms with van der Waals surface area (Å²) in [5.74, 6) is -1.22. The zero-order chi connectivity index (χ0) is 22.9. The topological polar surface area (TPSA) is 53.2 Å². The number of ketones is 1. The van der Waals surface area contributed by atoms with Crippen LogP contribution in [0, 0.1) is 6.92 Å². The van der Waals surface area contributed by atoms with Gasteiger partial charge in [-0.25, -0.2) is 0 Å². The van der Waals surface area contributed by atoms with Gasteiger partial charge in [0.15, 0.2) is 0 Å². The molecule has 1 fully saturated rings. The van der Waals surface area contributed by atoms with E-state index in [1.807, 2.05) is 30.3 Å². The molecule has 4 rings (SSSR count). The van der Waals surface area contributed by atoms with Crippen molar-refractivity contribution >= 4 is 11.7 Å². The van der Waals surface area contributed by atoms with Crippen LogP contribution in [0.15, 0.2) is 60.7 Å². The van der Waals surface area contributed by atoms with E-state index in [4.69, 9.17) is 0 Å². The SMILES string of the molecule is Cc1[nH]c(-c2ccccc2)cc1C(=O)C(=O)N1CCC(c2cccc(C(F)(F)F)c2)CC1. The Balaban J connectivity index is 1.43. The number of rotatable bonds is 4. The lowest BCUT2D eigenvalue weighted by atomic mass is 9.88. The van der Waals surface area contributed by atoms with Crippen LogP contribution in [0.5, 0.6) is 0 Å². The van der Waals surface area contributed by atoms with Crippen LogP contribution in [-0.4, -0.2) is 34.7 Å². The Morgan fingerprint density at radius 2 is 1.66 bits per heavy atom. The van der Waals surface area contributed by atoms with Gasteiger partial charge in [0, 0.05) is 30.0 Å². The molecule has 1 aliphatic heterocycles. The average molecular weight is 440 g/mol. The van der Waals surface area contributed by atoms with Crippen molar-refractivity contribution in [1.82, 2.24) is 9.88 Å². The van der Waals surface area contributed by atoms with Crippen molar-refractivity contribution in [3.05, 3.63) is 83.0 Å². The first-order valence-electron chi connectivity index (χ1n) is 10.5. The van der Waals surface area contributed by atoms with Gasteiger partial charge < -0.3 is 9.88 Å². The lowest BCUT2D eigenvalue weighted by molar-refractivity contribution is -0.137. The molecule has 0 saturated carbocycles. The summed E-state index contributed by atoms with van der Waals surface area (Å²) in [6.07, 6.45) is -3.35. The highest BCUT2D eigenvalue weighted by atomic mass is 19.4. The molecule has 166 valence electrons. The number of hydrogen-bond donors (Lipinski definition) is 1. The third-order valence-corrected chi connectivity index (χ3v) is 6.01. The van der Waals surface area contributed by atoms with Crippen LogP contribution in [0.25, 0.3) is 11.3 Å². The minimum atomic E-state index is -4.38. The minimum Gasteiger partial charge on any atom is -0.358 e. The summed E-state index contributed by atoms with van der Waals surface area (Å²) < 4.78 is 39.0. The number of aromatic nitrogens is 1. The van der Waals surface area contributed by atoms with Crippen molar-refractivity contribution in [1.29, 1.82) is 0 Å². The fourth-order valence-corrected chi connectivity index (χ4v) is 4.21. The van der Waals surface area contributed by atoms with Crippen LogP contribution in [0.4, 0.5) is 13.2 Å². The van der Waals surface area contributed by atoms with Gasteiger partial charge >= 0.3 is 6.18 Å². The van der Waals surface area contributed by atoms with Crippen LogP contribution < -0.4 is 0 Å². The Bertz CT molecular complexity index is 1130. The normalized spacial score (nSPS) is 15.1. The summed E-state index contributed by atoms with van der Waals surface area (Å²) in [6, 6.07) is 16.6. The standard InChI is InChI=1S/C25H23F3N2O2/c1-16-21(15-22(29-16)18-6-3-2-4-7-18)23(31)24(32)30-12-10-17(11-13-30)19-8-5-9-20(14-19)25(26,27)28/h2-9,14-15,17,29H,10-13H2,1H3. The number of benzene rings is 2. The van der Waals surface area contributed by atoms with Gasteiger partial charge in [0.1, 0.15) is 0 Å². The molecule has 2 heterocycles. The molecule has 7 heteroatoms. The maximum Gasteiger partial charge on any atom is 0.416 e. The molecule has 4 nitrogen and oxygen atoms in total. The van der Waals surface area contributed by atoms with Crippen LogP contribution >= 0.6 is 0 Å². The molecule has 32 heavy (non-hydrogen) atoms. The molecule has 0 spiro atoms. The van der Waals surface area contributed by atoms with Gasteiger partial charge in [0.25, 0.3) is 11.7 Å². The smallest absolute Gasteiger partial charge is 0.358 e. The molecule has 1 aromatic heterocycles. The highest BCUT2D eigenvalue weighted by Gasteiger charge is 2.33. The van der Waals surface area contributed by atoms with Crippen molar-refractivity contribution in [2.75, 3.05) is 13.1 Å². The number of H-pyrrole nitrogens is 1. The van der Waals surface area contributed by atoms with Crippen molar-refractivity contribution in [3.8, 4) is 11.3 Å². The van der Waals surface area contributed by atoms with Crippen molar-refractivity contribution < 1.29 is 22.8 Å². The second-order valence-corrected chi connectivity index (χ2v) is 8.11. The number of aryl methyl sites for hydroxylation is 1. The molecule has 1 N–H and O–H groups in total. The molecule has 0 radical (unpaired) electrons. The number of nitrogens with zero attached hydrogens (tertiary/aromatic N) is 1. The van der Waals surface area contributed by atoms with E-state index >= 15 is 0 Å². The van der Waals surface area contributed by atoms with E-state index in [2.05, 4.69) is 4.98 Å². The number of amides is 1.